The molecular weight excluding hydrogens is 314 g/mol. The largest absolute Gasteiger partial charge is 0.461 e. The quantitative estimate of drug-likeness (QED) is 0.842. The average molecular weight is 336 g/mol. The molecule has 1 aliphatic carbocycles. The van der Waals surface area contributed by atoms with Crippen LogP contribution in [0, 0.1) is 5.41 Å². The monoisotopic (exact) mass is 335 g/mol. The fourth-order valence-electron chi connectivity index (χ4n) is 4.03. The van der Waals surface area contributed by atoms with Crippen molar-refractivity contribution in [3.8, 4) is 0 Å². The summed E-state index contributed by atoms with van der Waals surface area (Å²) in [5, 5.41) is 4.69. The second-order valence-electron chi connectivity index (χ2n) is 5.90. The lowest BCUT2D eigenvalue weighted by Crippen LogP contribution is -2.57. The second kappa shape index (κ2) is 5.19. The standard InChI is InChI=1S/C17H22BrNO/c1-4-17(5-2)13(10-16(17)19-3)15-9-11-8-12(18)6-7-14(11)20-15/h6-9,13,16,19H,4-5,10H2,1-3H3. The predicted octanol–water partition coefficient (Wildman–Crippen LogP) is 5.08. The fraction of sp³-hybridized carbons (Fsp3) is 0.529. The van der Waals surface area contributed by atoms with Crippen LogP contribution in [0.5, 0.6) is 0 Å². The van der Waals surface area contributed by atoms with Gasteiger partial charge in [-0.1, -0.05) is 29.8 Å². The third-order valence-electron chi connectivity index (χ3n) is 5.37. The highest BCUT2D eigenvalue weighted by Gasteiger charge is 2.53. The highest BCUT2D eigenvalue weighted by atomic mass is 79.9. The first kappa shape index (κ1) is 14.2. The van der Waals surface area contributed by atoms with Gasteiger partial charge in [0.1, 0.15) is 11.3 Å². The van der Waals surface area contributed by atoms with E-state index in [4.69, 9.17) is 4.42 Å². The van der Waals surface area contributed by atoms with Crippen LogP contribution in [0.1, 0.15) is 44.8 Å². The Kier molecular flexibility index (Phi) is 3.67. The van der Waals surface area contributed by atoms with E-state index in [-0.39, 0.29) is 0 Å². The Morgan fingerprint density at radius 3 is 2.70 bits per heavy atom. The maximum Gasteiger partial charge on any atom is 0.134 e. The molecule has 0 aliphatic heterocycles. The minimum Gasteiger partial charge on any atom is -0.461 e. The third-order valence-corrected chi connectivity index (χ3v) is 5.86. The number of benzene rings is 1. The Morgan fingerprint density at radius 1 is 1.30 bits per heavy atom. The van der Waals surface area contributed by atoms with Crippen LogP contribution in [0.15, 0.2) is 33.2 Å². The molecule has 1 N–H and O–H groups in total. The van der Waals surface area contributed by atoms with Gasteiger partial charge >= 0.3 is 0 Å². The fourth-order valence-corrected chi connectivity index (χ4v) is 4.41. The summed E-state index contributed by atoms with van der Waals surface area (Å²) in [6, 6.07) is 9.07. The Hall–Kier alpha value is -0.800. The molecule has 1 aromatic heterocycles. The Bertz CT molecular complexity index is 614. The molecule has 2 nitrogen and oxygen atoms in total. The number of furan rings is 1. The van der Waals surface area contributed by atoms with Gasteiger partial charge in [-0.2, -0.15) is 0 Å². The van der Waals surface area contributed by atoms with Gasteiger partial charge in [0.05, 0.1) is 0 Å². The van der Waals surface area contributed by atoms with Gasteiger partial charge in [0, 0.05) is 21.8 Å². The van der Waals surface area contributed by atoms with E-state index < -0.39 is 0 Å². The number of nitrogens with one attached hydrogen (secondary N) is 1. The van der Waals surface area contributed by atoms with E-state index in [1.165, 1.54) is 24.6 Å². The summed E-state index contributed by atoms with van der Waals surface area (Å²) < 4.78 is 7.24. The van der Waals surface area contributed by atoms with E-state index in [2.05, 4.69) is 60.3 Å². The van der Waals surface area contributed by atoms with Gasteiger partial charge in [0.2, 0.25) is 0 Å². The summed E-state index contributed by atoms with van der Waals surface area (Å²) in [6.07, 6.45) is 3.57. The molecule has 1 heterocycles. The molecule has 1 saturated carbocycles. The molecule has 2 atom stereocenters. The molecule has 0 spiro atoms. The van der Waals surface area contributed by atoms with E-state index in [1.54, 1.807) is 0 Å². The van der Waals surface area contributed by atoms with Gasteiger partial charge in [-0.05, 0) is 56.0 Å². The SMILES string of the molecule is CCC1(CC)C(NC)CC1c1cc2cc(Br)ccc2o1. The number of hydrogen-bond acceptors (Lipinski definition) is 2. The summed E-state index contributed by atoms with van der Waals surface area (Å²) in [6.45, 7) is 4.61. The van der Waals surface area contributed by atoms with Gasteiger partial charge in [-0.15, -0.1) is 0 Å². The van der Waals surface area contributed by atoms with E-state index in [9.17, 15) is 0 Å². The molecule has 3 heteroatoms. The first-order valence-corrected chi connectivity index (χ1v) is 8.30. The normalized spacial score (nSPS) is 24.8. The Balaban J connectivity index is 1.98. The maximum atomic E-state index is 6.13. The van der Waals surface area contributed by atoms with Crippen molar-refractivity contribution in [3.05, 3.63) is 34.5 Å². The number of hydrogen-bond donors (Lipinski definition) is 1. The van der Waals surface area contributed by atoms with Crippen LogP contribution in [0.4, 0.5) is 0 Å². The summed E-state index contributed by atoms with van der Waals surface area (Å²) >= 11 is 3.53. The van der Waals surface area contributed by atoms with Gasteiger partial charge < -0.3 is 9.73 Å². The molecule has 2 aromatic rings. The molecule has 0 bridgehead atoms. The lowest BCUT2D eigenvalue weighted by Gasteiger charge is -2.55. The van der Waals surface area contributed by atoms with Crippen LogP contribution in [0.2, 0.25) is 0 Å². The van der Waals surface area contributed by atoms with E-state index in [1.807, 2.05) is 6.07 Å². The van der Waals surface area contributed by atoms with Gasteiger partial charge in [-0.25, -0.2) is 0 Å². The Morgan fingerprint density at radius 2 is 2.05 bits per heavy atom. The van der Waals surface area contributed by atoms with Crippen molar-refractivity contribution in [2.75, 3.05) is 7.05 Å². The minimum absolute atomic E-state index is 0.347. The summed E-state index contributed by atoms with van der Waals surface area (Å²) in [5.41, 5.74) is 1.34. The molecule has 0 amide bonds. The molecule has 0 radical (unpaired) electrons. The zero-order valence-corrected chi connectivity index (χ0v) is 14.0. The predicted molar refractivity (Wildman–Crippen MR) is 87.1 cm³/mol. The molecule has 3 rings (SSSR count). The van der Waals surface area contributed by atoms with Gasteiger partial charge in [0.15, 0.2) is 0 Å². The zero-order chi connectivity index (χ0) is 14.3. The smallest absolute Gasteiger partial charge is 0.134 e. The van der Waals surface area contributed by atoms with Crippen molar-refractivity contribution in [1.29, 1.82) is 0 Å². The summed E-state index contributed by atoms with van der Waals surface area (Å²) in [5.74, 6) is 1.70. The first-order valence-electron chi connectivity index (χ1n) is 7.51. The number of halogens is 1. The molecule has 1 aromatic carbocycles. The van der Waals surface area contributed by atoms with Crippen molar-refractivity contribution < 1.29 is 4.42 Å². The van der Waals surface area contributed by atoms with Crippen LogP contribution in [0.25, 0.3) is 11.0 Å². The van der Waals surface area contributed by atoms with E-state index >= 15 is 0 Å². The van der Waals surface area contributed by atoms with Gasteiger partial charge in [-0.3, -0.25) is 0 Å². The van der Waals surface area contributed by atoms with Crippen LogP contribution in [-0.2, 0) is 0 Å². The maximum absolute atomic E-state index is 6.13. The van der Waals surface area contributed by atoms with Crippen molar-refractivity contribution >= 4 is 26.9 Å². The molecular formula is C17H22BrNO. The third kappa shape index (κ3) is 1.94. The van der Waals surface area contributed by atoms with Crippen LogP contribution >= 0.6 is 15.9 Å². The van der Waals surface area contributed by atoms with Crippen molar-refractivity contribution in [3.63, 3.8) is 0 Å². The summed E-state index contributed by atoms with van der Waals surface area (Å²) in [7, 11) is 2.08. The molecule has 108 valence electrons. The lowest BCUT2D eigenvalue weighted by molar-refractivity contribution is 0.0141. The second-order valence-corrected chi connectivity index (χ2v) is 6.82. The van der Waals surface area contributed by atoms with Crippen molar-refractivity contribution in [2.24, 2.45) is 5.41 Å². The first-order chi connectivity index (χ1) is 9.64. The van der Waals surface area contributed by atoms with Crippen LogP contribution in [-0.4, -0.2) is 13.1 Å². The minimum atomic E-state index is 0.347. The average Bonchev–Trinajstić information content (AvgIpc) is 2.82. The zero-order valence-electron chi connectivity index (χ0n) is 12.4. The highest BCUT2D eigenvalue weighted by Crippen LogP contribution is 2.57. The number of fused-ring (bicyclic) bond motifs is 1. The molecule has 2 unspecified atom stereocenters. The molecule has 20 heavy (non-hydrogen) atoms. The Labute approximate surface area is 129 Å². The van der Waals surface area contributed by atoms with Gasteiger partial charge in [0.25, 0.3) is 0 Å². The van der Waals surface area contributed by atoms with E-state index in [0.29, 0.717) is 17.4 Å². The highest BCUT2D eigenvalue weighted by molar-refractivity contribution is 9.10. The summed E-state index contributed by atoms with van der Waals surface area (Å²) in [4.78, 5) is 0. The van der Waals surface area contributed by atoms with Crippen molar-refractivity contribution in [1.82, 2.24) is 5.32 Å². The van der Waals surface area contributed by atoms with Crippen molar-refractivity contribution in [2.45, 2.75) is 45.1 Å². The number of rotatable bonds is 4. The van der Waals surface area contributed by atoms with Crippen LogP contribution < -0.4 is 5.32 Å². The molecule has 0 saturated heterocycles. The molecule has 1 aliphatic rings. The van der Waals surface area contributed by atoms with E-state index in [0.717, 1.165) is 15.8 Å². The topological polar surface area (TPSA) is 25.2 Å². The lowest BCUT2D eigenvalue weighted by atomic mass is 9.53. The van der Waals surface area contributed by atoms with Crippen LogP contribution in [0.3, 0.4) is 0 Å². The molecule has 1 fully saturated rings.